The van der Waals surface area contributed by atoms with Crippen molar-refractivity contribution < 1.29 is 9.59 Å². The van der Waals surface area contributed by atoms with Crippen LogP contribution in [0.1, 0.15) is 39.0 Å². The monoisotopic (exact) mass is 352 g/mol. The molecular formula is C14H28N2O2S3. The minimum atomic E-state index is -0.0640. The van der Waals surface area contributed by atoms with E-state index in [0.29, 0.717) is 31.7 Å². The van der Waals surface area contributed by atoms with Crippen LogP contribution >= 0.6 is 34.2 Å². The molecule has 0 aliphatic heterocycles. The lowest BCUT2D eigenvalue weighted by molar-refractivity contribution is -0.125. The second kappa shape index (κ2) is 16.5. The molecule has 124 valence electrons. The lowest BCUT2D eigenvalue weighted by Crippen LogP contribution is -2.26. The van der Waals surface area contributed by atoms with Gasteiger partial charge in [-0.15, -0.1) is 0 Å². The van der Waals surface area contributed by atoms with Crippen molar-refractivity contribution >= 4 is 45.9 Å². The van der Waals surface area contributed by atoms with Gasteiger partial charge in [0.05, 0.1) is 0 Å². The van der Waals surface area contributed by atoms with Gasteiger partial charge in [0.15, 0.2) is 0 Å². The summed E-state index contributed by atoms with van der Waals surface area (Å²) in [6.45, 7) is 4.40. The van der Waals surface area contributed by atoms with Crippen molar-refractivity contribution in [2.75, 3.05) is 36.9 Å². The topological polar surface area (TPSA) is 58.2 Å². The lowest BCUT2D eigenvalue weighted by atomic mass is 10.1. The third-order valence-corrected chi connectivity index (χ3v) is 5.39. The molecule has 0 unspecified atom stereocenters. The number of unbranched alkanes of at least 4 members (excludes halogenated alkanes) is 1. The maximum Gasteiger partial charge on any atom is 0.220 e. The molecule has 7 heteroatoms. The quantitative estimate of drug-likeness (QED) is 0.240. The fourth-order valence-electron chi connectivity index (χ4n) is 1.45. The van der Waals surface area contributed by atoms with Crippen molar-refractivity contribution in [3.8, 4) is 0 Å². The first-order chi connectivity index (χ1) is 10.2. The molecule has 2 N–H and O–H groups in total. The zero-order valence-corrected chi connectivity index (χ0v) is 15.4. The van der Waals surface area contributed by atoms with Gasteiger partial charge in [0.25, 0.3) is 0 Å². The molecule has 0 aromatic carbocycles. The largest absolute Gasteiger partial charge is 0.355 e. The highest BCUT2D eigenvalue weighted by Crippen LogP contribution is 2.21. The van der Waals surface area contributed by atoms with Crippen LogP contribution in [0.2, 0.25) is 0 Å². The number of rotatable bonds is 15. The zero-order valence-electron chi connectivity index (χ0n) is 12.9. The Kier molecular flexibility index (Phi) is 16.6. The molecule has 0 aliphatic carbocycles. The van der Waals surface area contributed by atoms with Crippen LogP contribution < -0.4 is 10.6 Å². The lowest BCUT2D eigenvalue weighted by Gasteiger charge is -2.05. The maximum absolute atomic E-state index is 11.6. The summed E-state index contributed by atoms with van der Waals surface area (Å²) in [6.07, 6.45) is 3.66. The number of carbonyl (C=O) groups is 2. The highest BCUT2D eigenvalue weighted by molar-refractivity contribution is 8.76. The molecule has 0 aliphatic rings. The van der Waals surface area contributed by atoms with Crippen LogP contribution in [-0.2, 0) is 9.59 Å². The highest BCUT2D eigenvalue weighted by atomic mass is 33.1. The van der Waals surface area contributed by atoms with Crippen molar-refractivity contribution in [2.45, 2.75) is 39.0 Å². The molecule has 0 atom stereocenters. The molecule has 0 spiro atoms. The van der Waals surface area contributed by atoms with Crippen LogP contribution in [0.25, 0.3) is 0 Å². The van der Waals surface area contributed by atoms with E-state index in [2.05, 4.69) is 30.2 Å². The van der Waals surface area contributed by atoms with Crippen molar-refractivity contribution in [3.05, 3.63) is 0 Å². The maximum atomic E-state index is 11.6. The van der Waals surface area contributed by atoms with Gasteiger partial charge in [0.2, 0.25) is 5.91 Å². The van der Waals surface area contributed by atoms with Gasteiger partial charge in [0.1, 0.15) is 5.78 Å². The molecule has 0 saturated carbocycles. The van der Waals surface area contributed by atoms with Crippen LogP contribution in [0.5, 0.6) is 0 Å². The number of amides is 1. The van der Waals surface area contributed by atoms with E-state index in [4.69, 9.17) is 0 Å². The van der Waals surface area contributed by atoms with E-state index in [-0.39, 0.29) is 18.1 Å². The SMILES string of the molecule is CCCCSSCCNCCC(=O)CCC(=O)NCCS. The molecule has 0 aromatic rings. The predicted octanol–water partition coefficient (Wildman–Crippen LogP) is 2.54. The fourth-order valence-corrected chi connectivity index (χ4v) is 3.74. The summed E-state index contributed by atoms with van der Waals surface area (Å²) in [5, 5.41) is 5.97. The number of ketones is 1. The van der Waals surface area contributed by atoms with Gasteiger partial charge in [-0.2, -0.15) is 12.6 Å². The molecular weight excluding hydrogens is 324 g/mol. The first kappa shape index (κ1) is 21.1. The average molecular weight is 353 g/mol. The Morgan fingerprint density at radius 3 is 2.48 bits per heavy atom. The Morgan fingerprint density at radius 2 is 1.76 bits per heavy atom. The van der Waals surface area contributed by atoms with Crippen LogP contribution in [0.4, 0.5) is 0 Å². The van der Waals surface area contributed by atoms with Crippen molar-refractivity contribution in [2.24, 2.45) is 0 Å². The van der Waals surface area contributed by atoms with Crippen LogP contribution in [0.3, 0.4) is 0 Å². The fraction of sp³-hybridized carbons (Fsp3) is 0.857. The average Bonchev–Trinajstić information content (AvgIpc) is 2.49. The second-order valence-corrected chi connectivity index (χ2v) is 7.76. The van der Waals surface area contributed by atoms with Crippen molar-refractivity contribution in [3.63, 3.8) is 0 Å². The summed E-state index contributed by atoms with van der Waals surface area (Å²) in [5.41, 5.74) is 0. The highest BCUT2D eigenvalue weighted by Gasteiger charge is 2.06. The molecule has 4 nitrogen and oxygen atoms in total. The molecule has 0 saturated heterocycles. The molecule has 21 heavy (non-hydrogen) atoms. The summed E-state index contributed by atoms with van der Waals surface area (Å²) in [4.78, 5) is 22.9. The van der Waals surface area contributed by atoms with Crippen LogP contribution in [0, 0.1) is 0 Å². The van der Waals surface area contributed by atoms with Crippen LogP contribution in [0.15, 0.2) is 0 Å². The number of Topliss-reactive ketones (excluding diaryl/α,β-unsaturated/α-hetero) is 1. The smallest absolute Gasteiger partial charge is 0.220 e. The van der Waals surface area contributed by atoms with E-state index in [1.807, 2.05) is 21.6 Å². The number of thiol groups is 1. The summed E-state index contributed by atoms with van der Waals surface area (Å²) in [6, 6.07) is 0. The Labute approximate surface area is 142 Å². The molecule has 0 radical (unpaired) electrons. The molecule has 0 rings (SSSR count). The van der Waals surface area contributed by atoms with Crippen LogP contribution in [-0.4, -0.2) is 48.6 Å². The van der Waals surface area contributed by atoms with E-state index < -0.39 is 0 Å². The van der Waals surface area contributed by atoms with Crippen molar-refractivity contribution in [1.82, 2.24) is 10.6 Å². The summed E-state index contributed by atoms with van der Waals surface area (Å²) >= 11 is 4.01. The third-order valence-electron chi connectivity index (χ3n) is 2.67. The Bertz CT molecular complexity index is 279. The van der Waals surface area contributed by atoms with Gasteiger partial charge >= 0.3 is 0 Å². The number of carbonyl (C=O) groups excluding carboxylic acids is 2. The Balaban J connectivity index is 3.28. The third kappa shape index (κ3) is 16.3. The first-order valence-electron chi connectivity index (χ1n) is 7.55. The summed E-state index contributed by atoms with van der Waals surface area (Å²) in [5.74, 6) is 2.99. The molecule has 0 fully saturated rings. The van der Waals surface area contributed by atoms with Gasteiger partial charge in [-0.1, -0.05) is 34.9 Å². The normalized spacial score (nSPS) is 10.6. The van der Waals surface area contributed by atoms with E-state index >= 15 is 0 Å². The molecule has 0 aromatic heterocycles. The first-order valence-corrected chi connectivity index (χ1v) is 10.7. The van der Waals surface area contributed by atoms with E-state index in [1.165, 1.54) is 18.6 Å². The number of hydrogen-bond donors (Lipinski definition) is 3. The minimum absolute atomic E-state index is 0.0640. The van der Waals surface area contributed by atoms with Crippen molar-refractivity contribution in [1.29, 1.82) is 0 Å². The zero-order chi connectivity index (χ0) is 15.8. The Hall–Kier alpha value is 0.150. The van der Waals surface area contributed by atoms with E-state index in [0.717, 1.165) is 12.3 Å². The van der Waals surface area contributed by atoms with E-state index in [1.54, 1.807) is 0 Å². The van der Waals surface area contributed by atoms with Gasteiger partial charge in [-0.25, -0.2) is 0 Å². The van der Waals surface area contributed by atoms with Gasteiger partial charge in [0, 0.05) is 56.2 Å². The molecule has 0 heterocycles. The number of hydrogen-bond acceptors (Lipinski definition) is 6. The van der Waals surface area contributed by atoms with Gasteiger partial charge in [-0.3, -0.25) is 9.59 Å². The molecule has 0 bridgehead atoms. The second-order valence-electron chi connectivity index (χ2n) is 4.61. The summed E-state index contributed by atoms with van der Waals surface area (Å²) in [7, 11) is 3.80. The summed E-state index contributed by atoms with van der Waals surface area (Å²) < 4.78 is 0. The predicted molar refractivity (Wildman–Crippen MR) is 98.4 cm³/mol. The Morgan fingerprint density at radius 1 is 1.00 bits per heavy atom. The standard InChI is InChI=1S/C14H28N2O2S3/c1-2-3-11-20-21-12-9-15-7-6-13(17)4-5-14(18)16-8-10-19/h15,19H,2-12H2,1H3,(H,16,18). The minimum Gasteiger partial charge on any atom is -0.355 e. The number of nitrogens with one attached hydrogen (secondary N) is 2. The van der Waals surface area contributed by atoms with Gasteiger partial charge in [-0.05, 0) is 6.42 Å². The van der Waals surface area contributed by atoms with Gasteiger partial charge < -0.3 is 10.6 Å². The molecule has 1 amide bonds. The van der Waals surface area contributed by atoms with E-state index in [9.17, 15) is 9.59 Å².